The maximum atomic E-state index is 12.1. The molecule has 0 aromatic heterocycles. The van der Waals surface area contributed by atoms with Crippen molar-refractivity contribution in [2.45, 2.75) is 27.2 Å². The van der Waals surface area contributed by atoms with Gasteiger partial charge in [-0.25, -0.2) is 0 Å². The van der Waals surface area contributed by atoms with E-state index in [1.165, 1.54) is 5.69 Å². The summed E-state index contributed by atoms with van der Waals surface area (Å²) >= 11 is 0. The first kappa shape index (κ1) is 19.6. The summed E-state index contributed by atoms with van der Waals surface area (Å²) in [5, 5.41) is 6.19. The Morgan fingerprint density at radius 3 is 2.12 bits per heavy atom. The molecule has 0 saturated carbocycles. The van der Waals surface area contributed by atoms with E-state index >= 15 is 0 Å². The molecule has 0 fully saturated rings. The molecular formula is C21H29N3O2. The van der Waals surface area contributed by atoms with Crippen LogP contribution in [0.1, 0.15) is 27.2 Å². The highest BCUT2D eigenvalue weighted by molar-refractivity contribution is 5.91. The number of rotatable bonds is 10. The van der Waals surface area contributed by atoms with Gasteiger partial charge in [0.25, 0.3) is 0 Å². The summed E-state index contributed by atoms with van der Waals surface area (Å²) in [5.74, 6) is 0.850. The summed E-state index contributed by atoms with van der Waals surface area (Å²) in [6, 6.07) is 15.7. The molecule has 2 aromatic carbocycles. The Bertz CT molecular complexity index is 665. The van der Waals surface area contributed by atoms with Gasteiger partial charge in [0.15, 0.2) is 0 Å². The van der Waals surface area contributed by atoms with Crippen molar-refractivity contribution in [2.24, 2.45) is 0 Å². The van der Waals surface area contributed by atoms with Crippen LogP contribution < -0.4 is 20.3 Å². The Balaban J connectivity index is 1.76. The Labute approximate surface area is 156 Å². The average Bonchev–Trinajstić information content (AvgIpc) is 2.66. The Morgan fingerprint density at radius 1 is 0.923 bits per heavy atom. The third-order valence-electron chi connectivity index (χ3n) is 4.13. The summed E-state index contributed by atoms with van der Waals surface area (Å²) in [4.78, 5) is 14.4. The standard InChI is InChI=1S/C21H29N3O2/c1-4-24(5-2)19-11-7-18(8-12-19)23-21(25)15-16-22-17-9-13-20(14-10-17)26-6-3/h7-14,22H,4-6,15-16H2,1-3H3,(H,23,25). The Morgan fingerprint density at radius 2 is 1.54 bits per heavy atom. The van der Waals surface area contributed by atoms with Gasteiger partial charge in [-0.3, -0.25) is 4.79 Å². The van der Waals surface area contributed by atoms with Crippen molar-refractivity contribution in [1.82, 2.24) is 0 Å². The zero-order valence-corrected chi connectivity index (χ0v) is 15.9. The van der Waals surface area contributed by atoms with Crippen molar-refractivity contribution < 1.29 is 9.53 Å². The number of carbonyl (C=O) groups is 1. The second kappa shape index (κ2) is 10.3. The number of nitrogens with zero attached hydrogens (tertiary/aromatic N) is 1. The second-order valence-electron chi connectivity index (χ2n) is 5.90. The third-order valence-corrected chi connectivity index (χ3v) is 4.13. The molecule has 0 spiro atoms. The lowest BCUT2D eigenvalue weighted by Gasteiger charge is -2.21. The molecule has 0 atom stereocenters. The minimum Gasteiger partial charge on any atom is -0.494 e. The molecule has 2 aromatic rings. The number of carbonyl (C=O) groups excluding carboxylic acids is 1. The van der Waals surface area contributed by atoms with Crippen molar-refractivity contribution >= 4 is 23.0 Å². The molecule has 0 aliphatic rings. The summed E-state index contributed by atoms with van der Waals surface area (Å²) in [6.45, 7) is 9.41. The van der Waals surface area contributed by atoms with E-state index in [-0.39, 0.29) is 5.91 Å². The monoisotopic (exact) mass is 355 g/mol. The van der Waals surface area contributed by atoms with E-state index < -0.39 is 0 Å². The minimum absolute atomic E-state index is 0.000902. The van der Waals surface area contributed by atoms with Crippen molar-refractivity contribution in [2.75, 3.05) is 41.8 Å². The van der Waals surface area contributed by atoms with E-state index in [4.69, 9.17) is 4.74 Å². The molecular weight excluding hydrogens is 326 g/mol. The quantitative estimate of drug-likeness (QED) is 0.664. The molecule has 140 valence electrons. The van der Waals surface area contributed by atoms with Gasteiger partial charge in [-0.15, -0.1) is 0 Å². The highest BCUT2D eigenvalue weighted by atomic mass is 16.5. The molecule has 0 aliphatic heterocycles. The number of amides is 1. The molecule has 5 heteroatoms. The molecule has 0 bridgehead atoms. The number of hydrogen-bond donors (Lipinski definition) is 2. The summed E-state index contributed by atoms with van der Waals surface area (Å²) < 4.78 is 5.41. The van der Waals surface area contributed by atoms with Crippen LogP contribution in [-0.4, -0.2) is 32.1 Å². The third kappa shape index (κ3) is 5.99. The van der Waals surface area contributed by atoms with E-state index in [9.17, 15) is 4.79 Å². The maximum Gasteiger partial charge on any atom is 0.226 e. The van der Waals surface area contributed by atoms with Gasteiger partial charge in [0.05, 0.1) is 6.61 Å². The van der Waals surface area contributed by atoms with Crippen LogP contribution in [0.3, 0.4) is 0 Å². The topological polar surface area (TPSA) is 53.6 Å². The maximum absolute atomic E-state index is 12.1. The van der Waals surface area contributed by atoms with Crippen molar-refractivity contribution in [3.05, 3.63) is 48.5 Å². The molecule has 2 N–H and O–H groups in total. The number of anilines is 3. The van der Waals surface area contributed by atoms with Crippen molar-refractivity contribution in [3.8, 4) is 5.75 Å². The van der Waals surface area contributed by atoms with Gasteiger partial charge in [-0.2, -0.15) is 0 Å². The highest BCUT2D eigenvalue weighted by Crippen LogP contribution is 2.18. The largest absolute Gasteiger partial charge is 0.494 e. The average molecular weight is 355 g/mol. The first-order valence-electron chi connectivity index (χ1n) is 9.27. The molecule has 0 radical (unpaired) electrons. The van der Waals surface area contributed by atoms with Gasteiger partial charge in [0, 0.05) is 43.1 Å². The molecule has 26 heavy (non-hydrogen) atoms. The predicted molar refractivity (Wildman–Crippen MR) is 109 cm³/mol. The van der Waals surface area contributed by atoms with E-state index in [1.807, 2.05) is 55.5 Å². The van der Waals surface area contributed by atoms with Gasteiger partial charge in [-0.1, -0.05) is 0 Å². The lowest BCUT2D eigenvalue weighted by Crippen LogP contribution is -2.21. The molecule has 0 unspecified atom stereocenters. The lowest BCUT2D eigenvalue weighted by atomic mass is 10.2. The fourth-order valence-corrected chi connectivity index (χ4v) is 2.72. The molecule has 0 heterocycles. The number of hydrogen-bond acceptors (Lipinski definition) is 4. The fraction of sp³-hybridized carbons (Fsp3) is 0.381. The number of benzene rings is 2. The van der Waals surface area contributed by atoms with Gasteiger partial charge in [0.1, 0.15) is 5.75 Å². The molecule has 2 rings (SSSR count). The van der Waals surface area contributed by atoms with E-state index in [0.717, 1.165) is 30.2 Å². The Kier molecular flexibility index (Phi) is 7.80. The molecule has 1 amide bonds. The van der Waals surface area contributed by atoms with Crippen molar-refractivity contribution in [1.29, 1.82) is 0 Å². The number of nitrogens with one attached hydrogen (secondary N) is 2. The predicted octanol–water partition coefficient (Wildman–Crippen LogP) is 4.37. The zero-order valence-electron chi connectivity index (χ0n) is 15.9. The smallest absolute Gasteiger partial charge is 0.226 e. The van der Waals surface area contributed by atoms with Gasteiger partial charge in [0.2, 0.25) is 5.91 Å². The Hall–Kier alpha value is -2.69. The van der Waals surface area contributed by atoms with Crippen LogP contribution in [0, 0.1) is 0 Å². The molecule has 0 aliphatic carbocycles. The van der Waals surface area contributed by atoms with E-state index in [1.54, 1.807) is 0 Å². The van der Waals surface area contributed by atoms with Crippen LogP contribution >= 0.6 is 0 Å². The van der Waals surface area contributed by atoms with Crippen LogP contribution in [0.2, 0.25) is 0 Å². The summed E-state index contributed by atoms with van der Waals surface area (Å²) in [7, 11) is 0. The van der Waals surface area contributed by atoms with Crippen LogP contribution in [0.4, 0.5) is 17.1 Å². The fourth-order valence-electron chi connectivity index (χ4n) is 2.72. The summed E-state index contributed by atoms with van der Waals surface area (Å²) in [6.07, 6.45) is 0.408. The first-order chi connectivity index (χ1) is 12.7. The zero-order chi connectivity index (χ0) is 18.8. The van der Waals surface area contributed by atoms with Crippen molar-refractivity contribution in [3.63, 3.8) is 0 Å². The van der Waals surface area contributed by atoms with E-state index in [2.05, 4.69) is 29.4 Å². The van der Waals surface area contributed by atoms with Crippen LogP contribution in [0.5, 0.6) is 5.75 Å². The second-order valence-corrected chi connectivity index (χ2v) is 5.90. The molecule has 5 nitrogen and oxygen atoms in total. The minimum atomic E-state index is -0.000902. The normalized spacial score (nSPS) is 10.3. The lowest BCUT2D eigenvalue weighted by molar-refractivity contribution is -0.115. The van der Waals surface area contributed by atoms with Gasteiger partial charge < -0.3 is 20.3 Å². The van der Waals surface area contributed by atoms with Gasteiger partial charge >= 0.3 is 0 Å². The van der Waals surface area contributed by atoms with Crippen LogP contribution in [0.25, 0.3) is 0 Å². The van der Waals surface area contributed by atoms with Crippen LogP contribution in [0.15, 0.2) is 48.5 Å². The van der Waals surface area contributed by atoms with E-state index in [0.29, 0.717) is 19.6 Å². The van der Waals surface area contributed by atoms with Crippen LogP contribution in [-0.2, 0) is 4.79 Å². The first-order valence-corrected chi connectivity index (χ1v) is 9.27. The van der Waals surface area contributed by atoms with Gasteiger partial charge in [-0.05, 0) is 69.3 Å². The number of ether oxygens (including phenoxy) is 1. The SMILES string of the molecule is CCOc1ccc(NCCC(=O)Nc2ccc(N(CC)CC)cc2)cc1. The highest BCUT2D eigenvalue weighted by Gasteiger charge is 2.05. The molecule has 0 saturated heterocycles. The summed E-state index contributed by atoms with van der Waals surface area (Å²) in [5.41, 5.74) is 2.97.